The van der Waals surface area contributed by atoms with Gasteiger partial charge in [0, 0.05) is 138 Å². The Bertz CT molecular complexity index is 9020. The largest absolute Gasteiger partial charge is 0.368 e. The molecule has 5 fully saturated rings. The molecule has 20 aromatic heterocycles. The Morgan fingerprint density at radius 1 is 0.313 bits per heavy atom. The summed E-state index contributed by atoms with van der Waals surface area (Å²) in [7, 11) is 4.29. The molecule has 25 heterocycles. The first-order valence-electron chi connectivity index (χ1n) is 51.5. The van der Waals surface area contributed by atoms with Crippen molar-refractivity contribution in [2.45, 2.75) is 173 Å². The number of aromatic nitrogens is 27. The number of piperidine rings is 2. The lowest BCUT2D eigenvalue weighted by atomic mass is 9.94. The van der Waals surface area contributed by atoms with Gasteiger partial charge in [-0.1, -0.05) is 6.92 Å². The third-order valence-corrected chi connectivity index (χ3v) is 29.5. The fourth-order valence-electron chi connectivity index (χ4n) is 21.3. The highest BCUT2D eigenvalue weighted by atomic mass is 16.1. The summed E-state index contributed by atoms with van der Waals surface area (Å²) in [6.07, 6.45) is 19.3. The van der Waals surface area contributed by atoms with Crippen molar-refractivity contribution >= 4 is 72.9 Å². The van der Waals surface area contributed by atoms with E-state index in [1.54, 1.807) is 49.5 Å². The Kier molecular flexibility index (Phi) is 27.2. The Morgan fingerprint density at radius 2 is 0.640 bits per heavy atom. The smallest absolute Gasteiger partial charge is 0.275 e. The van der Waals surface area contributed by atoms with Gasteiger partial charge in [0.15, 0.2) is 11.3 Å². The lowest BCUT2D eigenvalue weighted by Gasteiger charge is -2.40. The van der Waals surface area contributed by atoms with Crippen molar-refractivity contribution in [3.63, 3.8) is 0 Å². The highest BCUT2D eigenvalue weighted by Gasteiger charge is 2.30. The zero-order chi connectivity index (χ0) is 105. The number of nitrogens with one attached hydrogen (secondary N) is 2. The number of likely N-dealkylation sites (tertiary alicyclic amines) is 1. The van der Waals surface area contributed by atoms with E-state index >= 15 is 0 Å². The lowest BCUT2D eigenvalue weighted by molar-refractivity contribution is 0.199. The Hall–Kier alpha value is -16.0. The summed E-state index contributed by atoms with van der Waals surface area (Å²) in [6, 6.07) is 32.9. The van der Waals surface area contributed by atoms with Crippen molar-refractivity contribution in [1.29, 1.82) is 0 Å². The molecule has 0 amide bonds. The zero-order valence-electron chi connectivity index (χ0n) is 88.3. The van der Waals surface area contributed by atoms with Crippen LogP contribution in [-0.4, -0.2) is 269 Å². The highest BCUT2D eigenvalue weighted by molar-refractivity contribution is 5.73. The monoisotopic (exact) mass is 2020 g/mol. The zero-order valence-corrected chi connectivity index (χ0v) is 88.3. The molecular formula is C110H125N35O5. The number of aryl methyl sites for hydroxylation is 13. The molecule has 40 nitrogen and oxygen atoms in total. The van der Waals surface area contributed by atoms with Gasteiger partial charge in [-0.3, -0.25) is 67.0 Å². The molecule has 5 aliphatic heterocycles. The normalized spacial score (nSPS) is 16.8. The summed E-state index contributed by atoms with van der Waals surface area (Å²) in [6.45, 7) is 48.1. The minimum absolute atomic E-state index is 0.0988. The van der Waals surface area contributed by atoms with Gasteiger partial charge in [-0.05, 0) is 273 Å². The molecule has 5 saturated heterocycles. The molecule has 0 aromatic carbocycles. The topological polar surface area (TPSA) is 392 Å². The van der Waals surface area contributed by atoms with E-state index in [0.29, 0.717) is 115 Å². The van der Waals surface area contributed by atoms with E-state index in [9.17, 15) is 24.0 Å². The number of pyridine rings is 3. The van der Waals surface area contributed by atoms with E-state index < -0.39 is 0 Å². The average Bonchev–Trinajstić information content (AvgIpc) is 1.39. The number of likely N-dealkylation sites (N-methyl/N-ethyl adjacent to an activating group) is 2. The van der Waals surface area contributed by atoms with Gasteiger partial charge in [-0.25, -0.2) is 47.5 Å². The maximum absolute atomic E-state index is 13.1. The van der Waals surface area contributed by atoms with Gasteiger partial charge < -0.3 is 35.1 Å². The van der Waals surface area contributed by atoms with E-state index in [1.807, 2.05) is 199 Å². The lowest BCUT2D eigenvalue weighted by Crippen LogP contribution is -2.51. The van der Waals surface area contributed by atoms with Gasteiger partial charge >= 0.3 is 0 Å². The third kappa shape index (κ3) is 20.3. The first-order chi connectivity index (χ1) is 72.1. The van der Waals surface area contributed by atoms with Gasteiger partial charge in [-0.2, -0.15) is 44.7 Å². The molecule has 0 saturated carbocycles. The number of anilines is 3. The second kappa shape index (κ2) is 40.9. The number of fused-ring (bicyclic) bond motifs is 10. The van der Waals surface area contributed by atoms with Crippen LogP contribution in [-0.2, 0) is 0 Å². The molecule has 0 aliphatic carbocycles. The van der Waals surface area contributed by atoms with E-state index in [2.05, 4.69) is 171 Å². The number of rotatable bonds is 11. The maximum atomic E-state index is 13.1. The third-order valence-electron chi connectivity index (χ3n) is 29.5. The van der Waals surface area contributed by atoms with Crippen LogP contribution >= 0.6 is 0 Å². The van der Waals surface area contributed by atoms with Crippen LogP contribution in [0.15, 0.2) is 177 Å². The first kappa shape index (κ1) is 99.9. The summed E-state index contributed by atoms with van der Waals surface area (Å²) in [5.41, 5.74) is 30.0. The molecule has 3 atom stereocenters. The maximum Gasteiger partial charge on any atom is 0.275 e. The van der Waals surface area contributed by atoms with Crippen molar-refractivity contribution < 1.29 is 0 Å². The number of nitrogens with zero attached hydrogens (tertiary/aromatic N) is 33. The summed E-state index contributed by atoms with van der Waals surface area (Å²) < 4.78 is 16.8. The predicted octanol–water partition coefficient (Wildman–Crippen LogP) is 11.6. The van der Waals surface area contributed by atoms with Crippen LogP contribution in [0.3, 0.4) is 0 Å². The fourth-order valence-corrected chi connectivity index (χ4v) is 21.3. The Labute approximate surface area is 863 Å². The highest BCUT2D eigenvalue weighted by Crippen LogP contribution is 2.34. The first-order valence-corrected chi connectivity index (χ1v) is 51.5. The summed E-state index contributed by atoms with van der Waals surface area (Å²) in [4.78, 5) is 125. The van der Waals surface area contributed by atoms with Crippen LogP contribution in [0.4, 0.5) is 17.1 Å². The summed E-state index contributed by atoms with van der Waals surface area (Å²) in [5.74, 6) is 0.772. The molecule has 0 spiro atoms. The molecule has 20 aromatic rings. The van der Waals surface area contributed by atoms with Crippen molar-refractivity contribution in [1.82, 2.24) is 156 Å². The predicted molar refractivity (Wildman–Crippen MR) is 582 cm³/mol. The van der Waals surface area contributed by atoms with Crippen molar-refractivity contribution in [2.24, 2.45) is 0 Å². The molecule has 770 valence electrons. The summed E-state index contributed by atoms with van der Waals surface area (Å²) in [5, 5.41) is 39.1. The van der Waals surface area contributed by atoms with Gasteiger partial charge in [0.2, 0.25) is 0 Å². The van der Waals surface area contributed by atoms with Crippen LogP contribution in [0.25, 0.3) is 113 Å². The Balaban J connectivity index is 0.000000110. The van der Waals surface area contributed by atoms with Gasteiger partial charge in [0.1, 0.15) is 45.4 Å². The fraction of sp³-hybridized carbons (Fsp3) is 0.382. The van der Waals surface area contributed by atoms with Crippen LogP contribution < -0.4 is 53.1 Å². The van der Waals surface area contributed by atoms with Crippen LogP contribution in [0, 0.1) is 90.0 Å². The minimum atomic E-state index is -0.195. The van der Waals surface area contributed by atoms with Crippen molar-refractivity contribution in [3.05, 3.63) is 289 Å². The second-order valence-corrected chi connectivity index (χ2v) is 40.9. The van der Waals surface area contributed by atoms with E-state index in [4.69, 9.17) is 15.0 Å². The van der Waals surface area contributed by atoms with Gasteiger partial charge in [0.25, 0.3) is 27.8 Å². The quantitative estimate of drug-likeness (QED) is 0.121. The molecule has 40 heteroatoms. The van der Waals surface area contributed by atoms with Crippen LogP contribution in [0.5, 0.6) is 0 Å². The average molecular weight is 2020 g/mol. The second-order valence-electron chi connectivity index (χ2n) is 40.9. The van der Waals surface area contributed by atoms with Crippen molar-refractivity contribution in [3.8, 4) is 56.9 Å². The van der Waals surface area contributed by atoms with Gasteiger partial charge in [-0.15, -0.1) is 0 Å². The standard InChI is InChI=1S/C24H29N7O.C23H27N7O.C22H25N7O.C21H23N7O.C20H21N7O/c1-6-28-7-8-29(13-17(28)4)19-9-15(2)24-26-20(11-23(32)30(24)14-19)21-10-22-18(5)25-16(3)12-31(22)27-21;1-14-8-18(28-7-6-27(5)16(3)12-28)13-29-22(31)10-19(25-23(14)29)20-9-21-17(4)24-15(2)11-30(21)26-20;1-13-7-17(27-6-5-23-14(2)10-27)12-28-21(30)9-18(25-22(13)28)19-8-20-16(4)24-15(3)11-29(20)26-19;1-13-12-27-19(14(2)22-13)10-18(24-27)17-11-21(29)28-20(23-17)5-4-16(25-28)15-6-8-26(3)9-7-15;1-12-11-26-18(13(2)22-12)9-17(24-26)16-10-20(28)27-19(23-16)4-3-15(25-27)14-5-7-21-8-6-14/h9-12,14,17H,6-8,13H2,1-5H3;8-11,13,16H,6-7,12H2,1-5H3;7-9,11-12,14,23H,5-6,10H2,1-4H3;4-5,10-12,15H,6-9H2,1-3H3;3-4,9-11,14,21H,5-8H2,1-2H3/t17-;16-;14-;;/m111../s1. The molecule has 25 rings (SSSR count). The van der Waals surface area contributed by atoms with E-state index in [1.165, 1.54) is 21.2 Å². The molecule has 2 N–H and O–H groups in total. The SMILES string of the molecule is CCN1CCN(c2cc(C)c3nc(-c4cc5c(C)nc(C)cn5n4)cc(=O)n3c2)C[C@H]1C.Cc1cn2nc(-c3cc(=O)n4cc(N5CCN(C)[C@H](C)C5)cc(C)c4n3)cc2c(C)n1.Cc1cn2nc(-c3cc(=O)n4cc(N5CCN[C@H](C)C5)cc(C)c4n3)cc2c(C)n1.Cc1cn2nc(-c3cc(=O)n4nc(C5CCN(C)CC5)ccc4n3)cc2c(C)n1.Cc1cn2nc(-c3cc(=O)n4nc(C5CCNCC5)ccc4n3)cc2c(C)n1. The molecular weight excluding hydrogens is 1890 g/mol. The van der Waals surface area contributed by atoms with Gasteiger partial charge in [0.05, 0.1) is 172 Å². The van der Waals surface area contributed by atoms with E-state index in [0.717, 1.165) is 247 Å². The van der Waals surface area contributed by atoms with E-state index in [-0.39, 0.29) is 27.8 Å². The molecule has 150 heavy (non-hydrogen) atoms. The molecule has 5 aliphatic rings. The van der Waals surface area contributed by atoms with Crippen LogP contribution in [0.1, 0.15) is 150 Å². The molecule has 0 bridgehead atoms. The number of hydrogen-bond donors (Lipinski definition) is 2. The Morgan fingerprint density at radius 3 is 0.980 bits per heavy atom. The minimum Gasteiger partial charge on any atom is -0.368 e. The molecule has 0 unspecified atom stereocenters. The molecule has 0 radical (unpaired) electrons. The van der Waals surface area contributed by atoms with Crippen molar-refractivity contribution in [2.75, 3.05) is 120 Å². The van der Waals surface area contributed by atoms with Crippen LogP contribution in [0.2, 0.25) is 0 Å². The summed E-state index contributed by atoms with van der Waals surface area (Å²) >= 11 is 0. The number of hydrogen-bond acceptors (Lipinski definition) is 30. The number of piperazine rings is 3.